The first kappa shape index (κ1) is 22.1. The van der Waals surface area contributed by atoms with Gasteiger partial charge < -0.3 is 15.0 Å². The number of halogens is 3. The standard InChI is InChI=1S/C22H21F3N4O2S/c23-22(24,25)31-19-8-4-3-7-18(19)27-21(30)29(32)16-10-13-28(14-11-16)20-17-6-2-1-5-15(17)9-12-26-20/h1-9,12,16,32H,10-11,13-14H2,(H,27,30). The summed E-state index contributed by atoms with van der Waals surface area (Å²) in [7, 11) is 0. The number of alkyl halides is 3. The van der Waals surface area contributed by atoms with E-state index in [9.17, 15) is 18.0 Å². The molecule has 2 amide bonds. The largest absolute Gasteiger partial charge is 0.573 e. The van der Waals surface area contributed by atoms with E-state index in [1.165, 1.54) is 22.5 Å². The summed E-state index contributed by atoms with van der Waals surface area (Å²) in [4.78, 5) is 19.3. The van der Waals surface area contributed by atoms with Gasteiger partial charge in [0.25, 0.3) is 0 Å². The van der Waals surface area contributed by atoms with Gasteiger partial charge in [0.05, 0.1) is 5.69 Å². The van der Waals surface area contributed by atoms with Crippen molar-refractivity contribution in [3.63, 3.8) is 0 Å². The minimum absolute atomic E-state index is 0.0775. The van der Waals surface area contributed by atoms with Gasteiger partial charge in [0.2, 0.25) is 0 Å². The number of ether oxygens (including phenoxy) is 1. The third kappa shape index (κ3) is 5.01. The smallest absolute Gasteiger partial charge is 0.404 e. The number of benzene rings is 2. The van der Waals surface area contributed by atoms with Crippen molar-refractivity contribution in [1.82, 2.24) is 9.29 Å². The SMILES string of the molecule is O=C(Nc1ccccc1OC(F)(F)F)N(S)C1CCN(c2nccc3ccccc23)CC1. The summed E-state index contributed by atoms with van der Waals surface area (Å²) in [5, 5.41) is 4.63. The minimum Gasteiger partial charge on any atom is -0.404 e. The molecule has 0 saturated carbocycles. The number of amides is 2. The monoisotopic (exact) mass is 462 g/mol. The molecule has 0 aliphatic carbocycles. The molecule has 1 N–H and O–H groups in total. The number of rotatable bonds is 4. The van der Waals surface area contributed by atoms with Gasteiger partial charge in [0.1, 0.15) is 5.82 Å². The number of carbonyl (C=O) groups is 1. The van der Waals surface area contributed by atoms with Crippen LogP contribution in [0.3, 0.4) is 0 Å². The quantitative estimate of drug-likeness (QED) is 0.504. The number of urea groups is 1. The molecule has 4 rings (SSSR count). The van der Waals surface area contributed by atoms with Gasteiger partial charge in [-0.25, -0.2) is 9.78 Å². The number of hydrogen-bond acceptors (Lipinski definition) is 5. The summed E-state index contributed by atoms with van der Waals surface area (Å²) in [6.07, 6.45) is -1.79. The van der Waals surface area contributed by atoms with Gasteiger partial charge in [-0.3, -0.25) is 4.31 Å². The molecule has 0 atom stereocenters. The number of fused-ring (bicyclic) bond motifs is 1. The highest BCUT2D eigenvalue weighted by Crippen LogP contribution is 2.31. The summed E-state index contributed by atoms with van der Waals surface area (Å²) in [5.41, 5.74) is -0.0775. The van der Waals surface area contributed by atoms with Crippen LogP contribution in [0.25, 0.3) is 10.8 Å². The third-order valence-electron chi connectivity index (χ3n) is 5.32. The number of hydrogen-bond donors (Lipinski definition) is 2. The highest BCUT2D eigenvalue weighted by molar-refractivity contribution is 7.78. The van der Waals surface area contributed by atoms with Crippen LogP contribution in [0.2, 0.25) is 0 Å². The number of pyridine rings is 1. The molecule has 2 heterocycles. The molecule has 0 spiro atoms. The lowest BCUT2D eigenvalue weighted by atomic mass is 10.0. The Hall–Kier alpha value is -3.14. The highest BCUT2D eigenvalue weighted by Gasteiger charge is 2.33. The van der Waals surface area contributed by atoms with Gasteiger partial charge >= 0.3 is 12.4 Å². The number of piperidine rings is 1. The van der Waals surface area contributed by atoms with E-state index in [1.54, 1.807) is 6.20 Å². The van der Waals surface area contributed by atoms with Crippen LogP contribution in [-0.2, 0) is 0 Å². The Balaban J connectivity index is 1.40. The highest BCUT2D eigenvalue weighted by atomic mass is 32.1. The lowest BCUT2D eigenvalue weighted by Crippen LogP contribution is -2.45. The van der Waals surface area contributed by atoms with Crippen LogP contribution < -0.4 is 15.0 Å². The molecule has 1 fully saturated rings. The van der Waals surface area contributed by atoms with E-state index in [2.05, 4.69) is 32.8 Å². The Bertz CT molecular complexity index is 1100. The summed E-state index contributed by atoms with van der Waals surface area (Å²) < 4.78 is 43.1. The Labute approximate surface area is 188 Å². The molecule has 10 heteroatoms. The molecule has 1 aliphatic heterocycles. The lowest BCUT2D eigenvalue weighted by molar-refractivity contribution is -0.274. The van der Waals surface area contributed by atoms with Crippen molar-refractivity contribution >= 4 is 41.1 Å². The zero-order valence-electron chi connectivity index (χ0n) is 16.9. The number of anilines is 2. The molecule has 168 valence electrons. The lowest BCUT2D eigenvalue weighted by Gasteiger charge is -2.36. The third-order valence-corrected chi connectivity index (χ3v) is 5.83. The van der Waals surface area contributed by atoms with Gasteiger partial charge in [0, 0.05) is 30.7 Å². The molecule has 2 aromatic carbocycles. The van der Waals surface area contributed by atoms with Crippen LogP contribution in [0.4, 0.5) is 29.5 Å². The molecule has 0 radical (unpaired) electrons. The topological polar surface area (TPSA) is 57.7 Å². The molecule has 1 aliphatic rings. The number of para-hydroxylation sites is 2. The van der Waals surface area contributed by atoms with E-state index in [-0.39, 0.29) is 11.7 Å². The van der Waals surface area contributed by atoms with Crippen molar-refractivity contribution in [2.24, 2.45) is 0 Å². The average molecular weight is 462 g/mol. The van der Waals surface area contributed by atoms with Crippen LogP contribution in [0, 0.1) is 0 Å². The predicted octanol–water partition coefficient (Wildman–Crippen LogP) is 5.48. The number of carbonyl (C=O) groups excluding carboxylic acids is 1. The summed E-state index contributed by atoms with van der Waals surface area (Å²) in [5.74, 6) is 0.418. The fraction of sp³-hybridized carbons (Fsp3) is 0.273. The fourth-order valence-corrected chi connectivity index (χ4v) is 4.08. The van der Waals surface area contributed by atoms with Gasteiger partial charge in [-0.1, -0.05) is 49.2 Å². The molecular weight excluding hydrogens is 441 g/mol. The van der Waals surface area contributed by atoms with Crippen molar-refractivity contribution < 1.29 is 22.7 Å². The molecule has 3 aromatic rings. The maximum Gasteiger partial charge on any atom is 0.573 e. The number of aromatic nitrogens is 1. The average Bonchev–Trinajstić information content (AvgIpc) is 2.78. The van der Waals surface area contributed by atoms with Crippen molar-refractivity contribution in [1.29, 1.82) is 0 Å². The van der Waals surface area contributed by atoms with E-state index in [4.69, 9.17) is 0 Å². The van der Waals surface area contributed by atoms with Crippen LogP contribution in [-0.4, -0.2) is 40.8 Å². The first-order valence-electron chi connectivity index (χ1n) is 10.0. The number of thiol groups is 1. The van der Waals surface area contributed by atoms with E-state index >= 15 is 0 Å². The van der Waals surface area contributed by atoms with E-state index in [1.807, 2.05) is 30.3 Å². The van der Waals surface area contributed by atoms with Gasteiger partial charge in [0.15, 0.2) is 5.75 Å². The Morgan fingerprint density at radius 1 is 1.09 bits per heavy atom. The molecule has 0 unspecified atom stereocenters. The molecule has 32 heavy (non-hydrogen) atoms. The first-order chi connectivity index (χ1) is 15.3. The van der Waals surface area contributed by atoms with Gasteiger partial charge in [-0.2, -0.15) is 0 Å². The van der Waals surface area contributed by atoms with Crippen LogP contribution in [0.15, 0.2) is 60.8 Å². The number of nitrogens with zero attached hydrogens (tertiary/aromatic N) is 3. The van der Waals surface area contributed by atoms with Crippen molar-refractivity contribution in [3.05, 3.63) is 60.8 Å². The van der Waals surface area contributed by atoms with E-state index in [0.29, 0.717) is 25.9 Å². The minimum atomic E-state index is -4.86. The van der Waals surface area contributed by atoms with Crippen molar-refractivity contribution in [2.75, 3.05) is 23.3 Å². The summed E-state index contributed by atoms with van der Waals surface area (Å²) >= 11 is 4.32. The van der Waals surface area contributed by atoms with Crippen molar-refractivity contribution in [3.8, 4) is 5.75 Å². The Kier molecular flexibility index (Phi) is 6.31. The van der Waals surface area contributed by atoms with Crippen molar-refractivity contribution in [2.45, 2.75) is 25.2 Å². The second-order valence-corrected chi connectivity index (χ2v) is 7.82. The van der Waals surface area contributed by atoms with Crippen LogP contribution >= 0.6 is 12.8 Å². The van der Waals surface area contributed by atoms with Gasteiger partial charge in [-0.15, -0.1) is 13.2 Å². The van der Waals surface area contributed by atoms with Gasteiger partial charge in [-0.05, 0) is 36.4 Å². The molecule has 1 aromatic heterocycles. The molecule has 0 bridgehead atoms. The zero-order chi connectivity index (χ0) is 22.7. The maximum absolute atomic E-state index is 12.6. The molecular formula is C22H21F3N4O2S. The van der Waals surface area contributed by atoms with Crippen LogP contribution in [0.1, 0.15) is 12.8 Å². The Morgan fingerprint density at radius 2 is 1.78 bits per heavy atom. The molecule has 6 nitrogen and oxygen atoms in total. The predicted molar refractivity (Wildman–Crippen MR) is 120 cm³/mol. The fourth-order valence-electron chi connectivity index (χ4n) is 3.80. The van der Waals surface area contributed by atoms with E-state index in [0.717, 1.165) is 22.7 Å². The van der Waals surface area contributed by atoms with E-state index < -0.39 is 18.1 Å². The Morgan fingerprint density at radius 3 is 2.53 bits per heavy atom. The second kappa shape index (κ2) is 9.15. The maximum atomic E-state index is 12.6. The second-order valence-electron chi connectivity index (χ2n) is 7.39. The normalized spacial score (nSPS) is 14.9. The number of nitrogens with one attached hydrogen (secondary N) is 1. The summed E-state index contributed by atoms with van der Waals surface area (Å²) in [6.45, 7) is 1.34. The zero-order valence-corrected chi connectivity index (χ0v) is 17.8. The van der Waals surface area contributed by atoms with Crippen LogP contribution in [0.5, 0.6) is 5.75 Å². The molecule has 1 saturated heterocycles. The summed E-state index contributed by atoms with van der Waals surface area (Å²) in [6, 6.07) is 14.6. The first-order valence-corrected chi connectivity index (χ1v) is 10.4.